The Labute approximate surface area is 96.0 Å². The maximum absolute atomic E-state index is 11.8. The van der Waals surface area contributed by atoms with E-state index in [0.29, 0.717) is 6.54 Å². The standard InChI is InChI=1S/C11H19N3O2/c1-11(2,3)16-10(15)13-4-5-14-8-12-6-9(14)7-13/h7,12H,4-6,8H2,1-3H3. The summed E-state index contributed by atoms with van der Waals surface area (Å²) in [4.78, 5) is 15.7. The van der Waals surface area contributed by atoms with Crippen molar-refractivity contribution in [2.24, 2.45) is 0 Å². The summed E-state index contributed by atoms with van der Waals surface area (Å²) < 4.78 is 5.33. The Balaban J connectivity index is 2.01. The SMILES string of the molecule is CC(C)(C)OC(=O)N1C=C2CNCN2CC1. The van der Waals surface area contributed by atoms with Gasteiger partial charge in [0, 0.05) is 31.5 Å². The van der Waals surface area contributed by atoms with Gasteiger partial charge in [0.25, 0.3) is 0 Å². The summed E-state index contributed by atoms with van der Waals surface area (Å²) in [5.41, 5.74) is 0.734. The van der Waals surface area contributed by atoms with Crippen LogP contribution in [-0.2, 0) is 4.74 Å². The molecule has 1 saturated heterocycles. The lowest BCUT2D eigenvalue weighted by Crippen LogP contribution is -2.42. The van der Waals surface area contributed by atoms with Crippen LogP contribution in [0.1, 0.15) is 20.8 Å². The summed E-state index contributed by atoms with van der Waals surface area (Å²) in [6.07, 6.45) is 1.63. The van der Waals surface area contributed by atoms with E-state index >= 15 is 0 Å². The fourth-order valence-corrected chi connectivity index (χ4v) is 1.82. The first-order chi connectivity index (χ1) is 7.46. The minimum Gasteiger partial charge on any atom is -0.443 e. The number of amides is 1. The second-order valence-electron chi connectivity index (χ2n) is 5.14. The monoisotopic (exact) mass is 225 g/mol. The zero-order valence-electron chi connectivity index (χ0n) is 10.1. The van der Waals surface area contributed by atoms with Crippen molar-refractivity contribution in [2.75, 3.05) is 26.3 Å². The molecule has 0 aromatic rings. The Morgan fingerprint density at radius 3 is 2.88 bits per heavy atom. The predicted molar refractivity (Wildman–Crippen MR) is 60.6 cm³/mol. The van der Waals surface area contributed by atoms with Gasteiger partial charge in [0.15, 0.2) is 0 Å². The minimum absolute atomic E-state index is 0.258. The highest BCUT2D eigenvalue weighted by atomic mass is 16.6. The van der Waals surface area contributed by atoms with Gasteiger partial charge in [-0.1, -0.05) is 0 Å². The average Bonchev–Trinajstić information content (AvgIpc) is 2.61. The first kappa shape index (κ1) is 11.3. The fourth-order valence-electron chi connectivity index (χ4n) is 1.82. The minimum atomic E-state index is -0.430. The van der Waals surface area contributed by atoms with E-state index in [1.165, 1.54) is 0 Å². The van der Waals surface area contributed by atoms with Gasteiger partial charge in [-0.3, -0.25) is 10.2 Å². The summed E-state index contributed by atoms with van der Waals surface area (Å²) in [6, 6.07) is 0. The zero-order valence-corrected chi connectivity index (χ0v) is 10.1. The van der Waals surface area contributed by atoms with Crippen molar-refractivity contribution < 1.29 is 9.53 Å². The summed E-state index contributed by atoms with van der Waals surface area (Å²) in [5.74, 6) is 0. The molecule has 2 rings (SSSR count). The lowest BCUT2D eigenvalue weighted by Gasteiger charge is -2.32. The first-order valence-electron chi connectivity index (χ1n) is 5.62. The number of rotatable bonds is 0. The van der Waals surface area contributed by atoms with Crippen LogP contribution < -0.4 is 5.32 Å². The van der Waals surface area contributed by atoms with Gasteiger partial charge in [-0.15, -0.1) is 0 Å². The topological polar surface area (TPSA) is 44.8 Å². The zero-order chi connectivity index (χ0) is 11.8. The molecule has 90 valence electrons. The number of hydrogen-bond donors (Lipinski definition) is 1. The molecule has 2 heterocycles. The Morgan fingerprint density at radius 2 is 2.19 bits per heavy atom. The van der Waals surface area contributed by atoms with Gasteiger partial charge in [-0.25, -0.2) is 4.79 Å². The summed E-state index contributed by atoms with van der Waals surface area (Å²) in [6.45, 7) is 8.92. The van der Waals surface area contributed by atoms with Gasteiger partial charge >= 0.3 is 6.09 Å². The van der Waals surface area contributed by atoms with E-state index in [4.69, 9.17) is 4.74 Å². The van der Waals surface area contributed by atoms with Crippen LogP contribution in [0.4, 0.5) is 4.79 Å². The van der Waals surface area contributed by atoms with Gasteiger partial charge in [-0.2, -0.15) is 0 Å². The van der Waals surface area contributed by atoms with Crippen molar-refractivity contribution in [1.82, 2.24) is 15.1 Å². The van der Waals surface area contributed by atoms with Gasteiger partial charge in [-0.05, 0) is 20.8 Å². The van der Waals surface area contributed by atoms with Crippen molar-refractivity contribution >= 4 is 6.09 Å². The molecule has 16 heavy (non-hydrogen) atoms. The van der Waals surface area contributed by atoms with Crippen LogP contribution >= 0.6 is 0 Å². The highest BCUT2D eigenvalue weighted by molar-refractivity contribution is 5.69. The molecule has 0 bridgehead atoms. The normalized spacial score (nSPS) is 20.6. The van der Waals surface area contributed by atoms with Gasteiger partial charge in [0.2, 0.25) is 0 Å². The number of carbonyl (C=O) groups excluding carboxylic acids is 1. The molecule has 2 aliphatic rings. The molecule has 0 saturated carbocycles. The largest absolute Gasteiger partial charge is 0.443 e. The number of hydrogen-bond acceptors (Lipinski definition) is 4. The molecule has 0 aliphatic carbocycles. The number of nitrogens with one attached hydrogen (secondary N) is 1. The molecule has 5 heteroatoms. The van der Waals surface area contributed by atoms with Crippen LogP contribution in [0.15, 0.2) is 11.9 Å². The smallest absolute Gasteiger partial charge is 0.414 e. The summed E-state index contributed by atoms with van der Waals surface area (Å²) in [7, 11) is 0. The molecule has 0 unspecified atom stereocenters. The second-order valence-corrected chi connectivity index (χ2v) is 5.14. The van der Waals surface area contributed by atoms with E-state index in [2.05, 4.69) is 10.2 Å². The van der Waals surface area contributed by atoms with E-state index < -0.39 is 5.60 Å². The highest BCUT2D eigenvalue weighted by Gasteiger charge is 2.27. The maximum Gasteiger partial charge on any atom is 0.414 e. The third kappa shape index (κ3) is 2.47. The van der Waals surface area contributed by atoms with Crippen molar-refractivity contribution in [2.45, 2.75) is 26.4 Å². The summed E-state index contributed by atoms with van der Waals surface area (Å²) in [5, 5.41) is 3.25. The second kappa shape index (κ2) is 3.97. The Morgan fingerprint density at radius 1 is 1.44 bits per heavy atom. The van der Waals surface area contributed by atoms with Crippen LogP contribution in [-0.4, -0.2) is 47.8 Å². The molecular formula is C11H19N3O2. The quantitative estimate of drug-likeness (QED) is 0.666. The van der Waals surface area contributed by atoms with E-state index in [1.54, 1.807) is 4.90 Å². The molecule has 1 amide bonds. The number of nitrogens with zero attached hydrogens (tertiary/aromatic N) is 2. The fraction of sp³-hybridized carbons (Fsp3) is 0.727. The number of carbonyl (C=O) groups is 1. The van der Waals surface area contributed by atoms with Crippen LogP contribution in [0.2, 0.25) is 0 Å². The Bertz CT molecular complexity index is 320. The molecule has 0 aromatic heterocycles. The highest BCUT2D eigenvalue weighted by Crippen LogP contribution is 2.17. The lowest BCUT2D eigenvalue weighted by atomic mass is 10.2. The molecular weight excluding hydrogens is 206 g/mol. The van der Waals surface area contributed by atoms with E-state index in [1.807, 2.05) is 27.0 Å². The van der Waals surface area contributed by atoms with Gasteiger partial charge in [0.1, 0.15) is 5.60 Å². The van der Waals surface area contributed by atoms with Crippen molar-refractivity contribution in [3.8, 4) is 0 Å². The molecule has 0 radical (unpaired) electrons. The average molecular weight is 225 g/mol. The van der Waals surface area contributed by atoms with Crippen LogP contribution in [0.3, 0.4) is 0 Å². The first-order valence-corrected chi connectivity index (χ1v) is 5.62. The lowest BCUT2D eigenvalue weighted by molar-refractivity contribution is 0.0306. The van der Waals surface area contributed by atoms with Crippen molar-refractivity contribution in [1.29, 1.82) is 0 Å². The van der Waals surface area contributed by atoms with E-state index in [-0.39, 0.29) is 6.09 Å². The molecule has 2 aliphatic heterocycles. The third-order valence-electron chi connectivity index (χ3n) is 2.56. The molecule has 5 nitrogen and oxygen atoms in total. The molecule has 0 atom stereocenters. The van der Waals surface area contributed by atoms with Crippen LogP contribution in [0, 0.1) is 0 Å². The summed E-state index contributed by atoms with van der Waals surface area (Å²) >= 11 is 0. The number of fused-ring (bicyclic) bond motifs is 1. The Kier molecular flexibility index (Phi) is 2.80. The van der Waals surface area contributed by atoms with Crippen molar-refractivity contribution in [3.05, 3.63) is 11.9 Å². The van der Waals surface area contributed by atoms with Gasteiger partial charge in [0.05, 0.1) is 6.67 Å². The molecule has 0 spiro atoms. The Hall–Kier alpha value is -1.23. The third-order valence-corrected chi connectivity index (χ3v) is 2.56. The number of ether oxygens (including phenoxy) is 1. The van der Waals surface area contributed by atoms with Crippen LogP contribution in [0.25, 0.3) is 0 Å². The van der Waals surface area contributed by atoms with E-state index in [0.717, 1.165) is 25.5 Å². The van der Waals surface area contributed by atoms with Gasteiger partial charge < -0.3 is 9.64 Å². The molecule has 0 aromatic carbocycles. The molecule has 1 fully saturated rings. The van der Waals surface area contributed by atoms with E-state index in [9.17, 15) is 4.79 Å². The van der Waals surface area contributed by atoms with Crippen molar-refractivity contribution in [3.63, 3.8) is 0 Å². The van der Waals surface area contributed by atoms with Crippen LogP contribution in [0.5, 0.6) is 0 Å². The predicted octanol–water partition coefficient (Wildman–Crippen LogP) is 0.941. The maximum atomic E-state index is 11.8. The molecule has 1 N–H and O–H groups in total.